The molecule has 1 aromatic heterocycles. The van der Waals surface area contributed by atoms with Crippen LogP contribution in [0.3, 0.4) is 0 Å². The lowest BCUT2D eigenvalue weighted by Crippen LogP contribution is -2.18. The second-order valence-corrected chi connectivity index (χ2v) is 9.40. The fourth-order valence-corrected chi connectivity index (χ4v) is 5.89. The van der Waals surface area contributed by atoms with Crippen LogP contribution in [0.15, 0.2) is 53.6 Å². The Labute approximate surface area is 186 Å². The van der Waals surface area contributed by atoms with Gasteiger partial charge >= 0.3 is 6.36 Å². The van der Waals surface area contributed by atoms with Crippen molar-refractivity contribution in [1.29, 1.82) is 0 Å². The quantitative estimate of drug-likeness (QED) is 0.496. The minimum absolute atomic E-state index is 0.0993. The van der Waals surface area contributed by atoms with Gasteiger partial charge in [0.05, 0.1) is 10.7 Å². The molecule has 32 heavy (non-hydrogen) atoms. The highest BCUT2D eigenvalue weighted by Gasteiger charge is 2.35. The standard InChI is InChI=1S/C21H17ClF4N2O3S/c1-27-18-8-7-13-15(18)11-28(20(13)14-4-2-3-5-17(14)23)32(29,30)19-9-6-12(10-16(19)22)31-21(24,25)26/h2-6,9-11,18,27H,7-8H2,1H3. The smallest absolute Gasteiger partial charge is 0.406 e. The van der Waals surface area contributed by atoms with Gasteiger partial charge in [0.1, 0.15) is 16.5 Å². The molecule has 0 saturated carbocycles. The molecule has 2 aromatic carbocycles. The van der Waals surface area contributed by atoms with Gasteiger partial charge in [0.2, 0.25) is 0 Å². The maximum Gasteiger partial charge on any atom is 0.573 e. The van der Waals surface area contributed by atoms with Gasteiger partial charge in [0, 0.05) is 23.9 Å². The molecule has 0 bridgehead atoms. The first kappa shape index (κ1) is 22.6. The van der Waals surface area contributed by atoms with Crippen molar-refractivity contribution in [2.24, 2.45) is 0 Å². The van der Waals surface area contributed by atoms with Crippen molar-refractivity contribution in [2.75, 3.05) is 7.05 Å². The van der Waals surface area contributed by atoms with Crippen LogP contribution in [0, 0.1) is 5.82 Å². The Morgan fingerprint density at radius 2 is 1.91 bits per heavy atom. The number of hydrogen-bond donors (Lipinski definition) is 1. The zero-order valence-corrected chi connectivity index (χ0v) is 18.2. The molecule has 1 N–H and O–H groups in total. The SMILES string of the molecule is CNC1CCc2c1cn(S(=O)(=O)c1ccc(OC(F)(F)F)cc1Cl)c2-c1ccccc1F. The summed E-state index contributed by atoms with van der Waals surface area (Å²) in [6.45, 7) is 0. The summed E-state index contributed by atoms with van der Waals surface area (Å²) in [5.74, 6) is -1.25. The molecule has 0 aliphatic heterocycles. The lowest BCUT2D eigenvalue weighted by atomic mass is 10.1. The van der Waals surface area contributed by atoms with Crippen LogP contribution < -0.4 is 10.1 Å². The summed E-state index contributed by atoms with van der Waals surface area (Å²) in [5.41, 5.74) is 1.67. The average molecular weight is 489 g/mol. The number of benzene rings is 2. The van der Waals surface area contributed by atoms with Crippen LogP contribution in [0.25, 0.3) is 11.3 Å². The molecular weight excluding hydrogens is 472 g/mol. The van der Waals surface area contributed by atoms with Crippen molar-refractivity contribution in [1.82, 2.24) is 9.29 Å². The molecule has 1 atom stereocenters. The van der Waals surface area contributed by atoms with Crippen molar-refractivity contribution in [3.05, 3.63) is 70.6 Å². The summed E-state index contributed by atoms with van der Waals surface area (Å²) >= 11 is 6.05. The minimum atomic E-state index is -4.95. The minimum Gasteiger partial charge on any atom is -0.406 e. The largest absolute Gasteiger partial charge is 0.573 e. The molecule has 0 amide bonds. The van der Waals surface area contributed by atoms with Gasteiger partial charge in [-0.1, -0.05) is 23.7 Å². The number of fused-ring (bicyclic) bond motifs is 1. The van der Waals surface area contributed by atoms with Crippen LogP contribution in [0.5, 0.6) is 5.75 Å². The van der Waals surface area contributed by atoms with E-state index in [0.29, 0.717) is 24.0 Å². The molecule has 3 aromatic rings. The average Bonchev–Trinajstić information content (AvgIpc) is 3.26. The second kappa shape index (κ2) is 8.09. The summed E-state index contributed by atoms with van der Waals surface area (Å²) in [6, 6.07) is 8.25. The monoisotopic (exact) mass is 488 g/mol. The summed E-state index contributed by atoms with van der Waals surface area (Å²) in [4.78, 5) is -0.430. The molecule has 170 valence electrons. The first-order valence-corrected chi connectivity index (χ1v) is 11.3. The van der Waals surface area contributed by atoms with E-state index < -0.39 is 37.9 Å². The molecule has 1 unspecified atom stereocenters. The Bertz CT molecular complexity index is 1290. The summed E-state index contributed by atoms with van der Waals surface area (Å²) in [7, 11) is -2.64. The number of alkyl halides is 3. The number of ether oxygens (including phenoxy) is 1. The number of nitrogens with zero attached hydrogens (tertiary/aromatic N) is 1. The van der Waals surface area contributed by atoms with Crippen molar-refractivity contribution in [3.8, 4) is 17.0 Å². The Kier molecular flexibility index (Phi) is 5.72. The molecule has 0 fully saturated rings. The van der Waals surface area contributed by atoms with Crippen LogP contribution in [0.1, 0.15) is 23.6 Å². The Balaban J connectivity index is 1.89. The van der Waals surface area contributed by atoms with E-state index in [1.807, 2.05) is 0 Å². The lowest BCUT2D eigenvalue weighted by molar-refractivity contribution is -0.274. The topological polar surface area (TPSA) is 60.3 Å². The first-order valence-electron chi connectivity index (χ1n) is 9.50. The zero-order valence-electron chi connectivity index (χ0n) is 16.6. The van der Waals surface area contributed by atoms with Gasteiger partial charge < -0.3 is 10.1 Å². The highest BCUT2D eigenvalue weighted by Crippen LogP contribution is 2.42. The summed E-state index contributed by atoms with van der Waals surface area (Å²) < 4.78 is 84.0. The van der Waals surface area contributed by atoms with E-state index in [-0.39, 0.29) is 17.3 Å². The fourth-order valence-electron chi connectivity index (χ4n) is 3.96. The zero-order chi connectivity index (χ0) is 23.3. The van der Waals surface area contributed by atoms with Crippen LogP contribution in [-0.4, -0.2) is 25.8 Å². The molecule has 0 spiro atoms. The number of halogens is 5. The number of hydrogen-bond acceptors (Lipinski definition) is 4. The lowest BCUT2D eigenvalue weighted by Gasteiger charge is -2.15. The van der Waals surface area contributed by atoms with Crippen LogP contribution >= 0.6 is 11.6 Å². The maximum atomic E-state index is 14.7. The third-order valence-electron chi connectivity index (χ3n) is 5.32. The van der Waals surface area contributed by atoms with Gasteiger partial charge in [0.25, 0.3) is 10.0 Å². The van der Waals surface area contributed by atoms with E-state index in [4.69, 9.17) is 11.6 Å². The van der Waals surface area contributed by atoms with Crippen LogP contribution in [0.4, 0.5) is 17.6 Å². The predicted octanol–water partition coefficient (Wildman–Crippen LogP) is 5.29. The van der Waals surface area contributed by atoms with E-state index in [1.165, 1.54) is 24.4 Å². The van der Waals surface area contributed by atoms with E-state index in [1.54, 1.807) is 13.1 Å². The van der Waals surface area contributed by atoms with E-state index >= 15 is 0 Å². The van der Waals surface area contributed by atoms with Crippen molar-refractivity contribution < 1.29 is 30.7 Å². The van der Waals surface area contributed by atoms with Crippen LogP contribution in [0.2, 0.25) is 5.02 Å². The predicted molar refractivity (Wildman–Crippen MR) is 111 cm³/mol. The van der Waals surface area contributed by atoms with Gasteiger partial charge in [-0.25, -0.2) is 16.8 Å². The Hall–Kier alpha value is -2.56. The summed E-state index contributed by atoms with van der Waals surface area (Å²) in [6.07, 6.45) is -2.30. The number of aromatic nitrogens is 1. The van der Waals surface area contributed by atoms with Crippen molar-refractivity contribution >= 4 is 21.6 Å². The van der Waals surface area contributed by atoms with Gasteiger partial charge in [-0.05, 0) is 55.3 Å². The summed E-state index contributed by atoms with van der Waals surface area (Å²) in [5, 5.41) is 2.65. The second-order valence-electron chi connectivity index (χ2n) is 7.21. The molecular formula is C21H17ClF4N2O3S. The molecule has 0 radical (unpaired) electrons. The van der Waals surface area contributed by atoms with E-state index in [0.717, 1.165) is 22.2 Å². The molecule has 0 saturated heterocycles. The molecule has 1 aliphatic carbocycles. The maximum absolute atomic E-state index is 14.7. The van der Waals surface area contributed by atoms with E-state index in [9.17, 15) is 26.0 Å². The number of nitrogens with one attached hydrogen (secondary N) is 1. The third kappa shape index (κ3) is 3.98. The fraction of sp³-hybridized carbons (Fsp3) is 0.238. The van der Waals surface area contributed by atoms with Crippen LogP contribution in [-0.2, 0) is 16.4 Å². The normalized spacial score (nSPS) is 16.2. The first-order chi connectivity index (χ1) is 15.0. The van der Waals surface area contributed by atoms with Crippen molar-refractivity contribution in [2.45, 2.75) is 30.1 Å². The van der Waals surface area contributed by atoms with Gasteiger partial charge in [-0.3, -0.25) is 0 Å². The highest BCUT2D eigenvalue weighted by atomic mass is 35.5. The Morgan fingerprint density at radius 1 is 1.19 bits per heavy atom. The van der Waals surface area contributed by atoms with Gasteiger partial charge in [0.15, 0.2) is 0 Å². The number of rotatable bonds is 5. The molecule has 5 nitrogen and oxygen atoms in total. The Morgan fingerprint density at radius 3 is 2.53 bits per heavy atom. The highest BCUT2D eigenvalue weighted by molar-refractivity contribution is 7.90. The molecule has 4 rings (SSSR count). The van der Waals surface area contributed by atoms with Gasteiger partial charge in [-0.15, -0.1) is 13.2 Å². The van der Waals surface area contributed by atoms with E-state index in [2.05, 4.69) is 10.1 Å². The third-order valence-corrected chi connectivity index (χ3v) is 7.46. The molecule has 11 heteroatoms. The molecule has 1 aliphatic rings. The van der Waals surface area contributed by atoms with Crippen molar-refractivity contribution in [3.63, 3.8) is 0 Å². The molecule has 1 heterocycles. The van der Waals surface area contributed by atoms with Gasteiger partial charge in [-0.2, -0.15) is 0 Å².